The van der Waals surface area contributed by atoms with Gasteiger partial charge in [-0.25, -0.2) is 4.79 Å². The molecule has 0 N–H and O–H groups in total. The van der Waals surface area contributed by atoms with Crippen molar-refractivity contribution < 1.29 is 13.9 Å². The minimum absolute atomic E-state index is 0.133. The number of anilines is 1. The Morgan fingerprint density at radius 1 is 1.19 bits per heavy atom. The van der Waals surface area contributed by atoms with E-state index < -0.39 is 5.63 Å². The molecule has 5 heteroatoms. The first-order chi connectivity index (χ1) is 13.1. The van der Waals surface area contributed by atoms with Crippen LogP contribution in [-0.2, 0) is 11.2 Å². The van der Waals surface area contributed by atoms with Gasteiger partial charge in [0.2, 0.25) is 0 Å². The molecule has 0 aliphatic heterocycles. The molecular weight excluding hydrogens is 342 g/mol. The van der Waals surface area contributed by atoms with Crippen molar-refractivity contribution in [3.63, 3.8) is 0 Å². The average molecular weight is 363 g/mol. The Balaban J connectivity index is 1.78. The molecule has 0 aliphatic rings. The normalized spacial score (nSPS) is 10.6. The third-order valence-electron chi connectivity index (χ3n) is 4.23. The quantitative estimate of drug-likeness (QED) is 0.471. The van der Waals surface area contributed by atoms with Crippen molar-refractivity contribution in [3.8, 4) is 5.75 Å². The second kappa shape index (κ2) is 8.36. The molecule has 0 radical (unpaired) electrons. The van der Waals surface area contributed by atoms with E-state index in [1.54, 1.807) is 23.1 Å². The summed E-state index contributed by atoms with van der Waals surface area (Å²) < 4.78 is 10.9. The largest absolute Gasteiger partial charge is 0.484 e. The van der Waals surface area contributed by atoms with E-state index in [0.717, 1.165) is 23.1 Å². The molecule has 27 heavy (non-hydrogen) atoms. The fraction of sp³-hybridized carbons (Fsp3) is 0.182. The molecule has 138 valence electrons. The first-order valence-corrected chi connectivity index (χ1v) is 8.78. The van der Waals surface area contributed by atoms with Crippen LogP contribution in [0.4, 0.5) is 5.69 Å². The lowest BCUT2D eigenvalue weighted by Gasteiger charge is -2.21. The highest BCUT2D eigenvalue weighted by atomic mass is 16.5. The van der Waals surface area contributed by atoms with Gasteiger partial charge < -0.3 is 14.1 Å². The van der Waals surface area contributed by atoms with Crippen LogP contribution in [-0.4, -0.2) is 19.1 Å². The number of benzene rings is 2. The molecule has 0 aliphatic carbocycles. The van der Waals surface area contributed by atoms with Gasteiger partial charge in [0.05, 0.1) is 0 Å². The molecule has 0 atom stereocenters. The number of hydrogen-bond donors (Lipinski definition) is 0. The van der Waals surface area contributed by atoms with Crippen LogP contribution in [0.3, 0.4) is 0 Å². The molecular formula is C22H21NO4. The van der Waals surface area contributed by atoms with E-state index >= 15 is 0 Å². The van der Waals surface area contributed by atoms with Crippen molar-refractivity contribution in [1.29, 1.82) is 0 Å². The first kappa shape index (κ1) is 18.5. The van der Waals surface area contributed by atoms with E-state index in [-0.39, 0.29) is 12.5 Å². The number of hydrogen-bond acceptors (Lipinski definition) is 4. The number of rotatable bonds is 7. The van der Waals surface area contributed by atoms with E-state index in [1.807, 2.05) is 43.3 Å². The van der Waals surface area contributed by atoms with Crippen LogP contribution in [0.25, 0.3) is 11.0 Å². The maximum Gasteiger partial charge on any atom is 0.336 e. The fourth-order valence-electron chi connectivity index (χ4n) is 2.90. The van der Waals surface area contributed by atoms with Crippen molar-refractivity contribution in [2.75, 3.05) is 18.1 Å². The van der Waals surface area contributed by atoms with Gasteiger partial charge in [-0.1, -0.05) is 31.2 Å². The number of para-hydroxylation sites is 1. The maximum atomic E-state index is 12.6. The molecule has 0 bridgehead atoms. The molecule has 5 nitrogen and oxygen atoms in total. The summed E-state index contributed by atoms with van der Waals surface area (Å²) >= 11 is 0. The van der Waals surface area contributed by atoms with Gasteiger partial charge in [-0.05, 0) is 36.2 Å². The highest BCUT2D eigenvalue weighted by Crippen LogP contribution is 2.23. The lowest BCUT2D eigenvalue weighted by atomic mass is 10.1. The number of carbonyl (C=O) groups excluding carboxylic acids is 1. The summed E-state index contributed by atoms with van der Waals surface area (Å²) in [6.45, 7) is 5.94. The molecule has 0 fully saturated rings. The smallest absolute Gasteiger partial charge is 0.336 e. The van der Waals surface area contributed by atoms with E-state index in [4.69, 9.17) is 9.15 Å². The second-order valence-electron chi connectivity index (χ2n) is 6.02. The average Bonchev–Trinajstić information content (AvgIpc) is 2.69. The third-order valence-corrected chi connectivity index (χ3v) is 4.23. The van der Waals surface area contributed by atoms with Gasteiger partial charge in [0, 0.05) is 29.8 Å². The molecule has 0 saturated heterocycles. The van der Waals surface area contributed by atoms with E-state index in [0.29, 0.717) is 17.9 Å². The van der Waals surface area contributed by atoms with Crippen LogP contribution in [0.2, 0.25) is 0 Å². The predicted octanol–water partition coefficient (Wildman–Crippen LogP) is 3.95. The molecule has 3 aromatic rings. The van der Waals surface area contributed by atoms with Crippen LogP contribution < -0.4 is 15.3 Å². The van der Waals surface area contributed by atoms with Crippen molar-refractivity contribution in [1.82, 2.24) is 0 Å². The summed E-state index contributed by atoms with van der Waals surface area (Å²) in [5.74, 6) is 0.281. The third kappa shape index (κ3) is 4.26. The second-order valence-corrected chi connectivity index (χ2v) is 6.02. The zero-order valence-corrected chi connectivity index (χ0v) is 15.2. The topological polar surface area (TPSA) is 59.8 Å². The molecule has 0 saturated carbocycles. The van der Waals surface area contributed by atoms with Crippen LogP contribution in [0, 0.1) is 0 Å². The Kier molecular flexibility index (Phi) is 5.71. The van der Waals surface area contributed by atoms with Gasteiger partial charge in [0.1, 0.15) is 11.3 Å². The van der Waals surface area contributed by atoms with E-state index in [9.17, 15) is 9.59 Å². The Morgan fingerprint density at radius 3 is 2.67 bits per heavy atom. The van der Waals surface area contributed by atoms with Crippen molar-refractivity contribution in [3.05, 3.63) is 83.2 Å². The first-order valence-electron chi connectivity index (χ1n) is 8.78. The number of fused-ring (bicyclic) bond motifs is 1. The molecule has 3 rings (SSSR count). The van der Waals surface area contributed by atoms with Gasteiger partial charge in [-0.2, -0.15) is 0 Å². The van der Waals surface area contributed by atoms with Gasteiger partial charge in [0.25, 0.3) is 5.91 Å². The lowest BCUT2D eigenvalue weighted by molar-refractivity contribution is -0.120. The Hall–Kier alpha value is -3.34. The number of amides is 1. The zero-order valence-electron chi connectivity index (χ0n) is 15.2. The van der Waals surface area contributed by atoms with E-state index in [1.165, 1.54) is 6.07 Å². The summed E-state index contributed by atoms with van der Waals surface area (Å²) in [5, 5.41) is 0.869. The van der Waals surface area contributed by atoms with E-state index in [2.05, 4.69) is 6.58 Å². The minimum atomic E-state index is -0.395. The Morgan fingerprint density at radius 2 is 1.96 bits per heavy atom. The molecule has 0 unspecified atom stereocenters. The van der Waals surface area contributed by atoms with Crippen LogP contribution in [0.15, 0.2) is 76.5 Å². The van der Waals surface area contributed by atoms with Crippen molar-refractivity contribution in [2.24, 2.45) is 0 Å². The molecule has 1 heterocycles. The Bertz CT molecular complexity index is 1010. The number of carbonyl (C=O) groups is 1. The van der Waals surface area contributed by atoms with Crippen molar-refractivity contribution >= 4 is 22.6 Å². The highest BCUT2D eigenvalue weighted by Gasteiger charge is 2.15. The molecule has 1 amide bonds. The summed E-state index contributed by atoms with van der Waals surface area (Å²) in [7, 11) is 0. The number of aryl methyl sites for hydroxylation is 1. The van der Waals surface area contributed by atoms with Gasteiger partial charge >= 0.3 is 5.63 Å². The molecule has 0 spiro atoms. The van der Waals surface area contributed by atoms with Gasteiger partial charge in [0.15, 0.2) is 6.61 Å². The summed E-state index contributed by atoms with van der Waals surface area (Å²) in [6, 6.07) is 16.1. The van der Waals surface area contributed by atoms with Gasteiger partial charge in [-0.3, -0.25) is 4.79 Å². The SMILES string of the molecule is C=CCN(C(=O)COc1ccc2c(CC)cc(=O)oc2c1)c1ccccc1. The number of ether oxygens (including phenoxy) is 1. The molecule has 2 aromatic carbocycles. The predicted molar refractivity (Wildman–Crippen MR) is 106 cm³/mol. The monoisotopic (exact) mass is 363 g/mol. The fourth-order valence-corrected chi connectivity index (χ4v) is 2.90. The maximum absolute atomic E-state index is 12.6. The van der Waals surface area contributed by atoms with Crippen LogP contribution >= 0.6 is 0 Å². The van der Waals surface area contributed by atoms with Gasteiger partial charge in [-0.15, -0.1) is 6.58 Å². The zero-order chi connectivity index (χ0) is 19.2. The standard InChI is InChI=1S/C22H21NO4/c1-3-12-23(17-8-6-5-7-9-17)21(24)15-26-18-10-11-19-16(4-2)13-22(25)27-20(19)14-18/h3,5-11,13-14H,1,4,12,15H2,2H3. The van der Waals surface area contributed by atoms with Crippen LogP contribution in [0.1, 0.15) is 12.5 Å². The summed E-state index contributed by atoms with van der Waals surface area (Å²) in [4.78, 5) is 25.9. The Labute approximate surface area is 157 Å². The summed E-state index contributed by atoms with van der Waals surface area (Å²) in [6.07, 6.45) is 2.40. The molecule has 1 aromatic heterocycles. The minimum Gasteiger partial charge on any atom is -0.484 e. The summed E-state index contributed by atoms with van der Waals surface area (Å²) in [5.41, 5.74) is 1.76. The lowest BCUT2D eigenvalue weighted by Crippen LogP contribution is -2.35. The number of nitrogens with zero attached hydrogens (tertiary/aromatic N) is 1. The highest BCUT2D eigenvalue weighted by molar-refractivity contribution is 5.94. The van der Waals surface area contributed by atoms with Crippen LogP contribution in [0.5, 0.6) is 5.75 Å². The van der Waals surface area contributed by atoms with Crippen molar-refractivity contribution in [2.45, 2.75) is 13.3 Å².